The second kappa shape index (κ2) is 7.74. The number of rotatable bonds is 5. The first-order valence-electron chi connectivity index (χ1n) is 10.1. The number of benzene rings is 1. The molecule has 0 N–H and O–H groups in total. The minimum absolute atomic E-state index is 0.324. The average Bonchev–Trinajstić information content (AvgIpc) is 2.81. The highest BCUT2D eigenvalue weighted by molar-refractivity contribution is 6.62. The Morgan fingerprint density at radius 2 is 1.56 bits per heavy atom. The van der Waals surface area contributed by atoms with Gasteiger partial charge in [-0.2, -0.15) is 0 Å². The molecule has 2 saturated heterocycles. The second-order valence-corrected chi connectivity index (χ2v) is 8.98. The number of nitrogens with zero attached hydrogens (tertiary/aromatic N) is 2. The van der Waals surface area contributed by atoms with Gasteiger partial charge in [0.15, 0.2) is 0 Å². The first-order chi connectivity index (χ1) is 12.6. The Bertz CT molecular complexity index is 654. The van der Waals surface area contributed by atoms with E-state index in [0.717, 1.165) is 50.5 Å². The lowest BCUT2D eigenvalue weighted by molar-refractivity contribution is 0.00578. The maximum Gasteiger partial charge on any atom is 0.495 e. The zero-order valence-electron chi connectivity index (χ0n) is 18.1. The van der Waals surface area contributed by atoms with Crippen molar-refractivity contribution in [2.24, 2.45) is 0 Å². The third kappa shape index (κ3) is 4.34. The van der Waals surface area contributed by atoms with Gasteiger partial charge < -0.3 is 18.9 Å². The molecule has 0 saturated carbocycles. The molecule has 0 bridgehead atoms. The minimum atomic E-state index is -0.326. The Morgan fingerprint density at radius 3 is 2.15 bits per heavy atom. The fourth-order valence-corrected chi connectivity index (χ4v) is 3.55. The summed E-state index contributed by atoms with van der Waals surface area (Å²) in [7, 11) is 1.86. The SMILES string of the molecule is Cc1c(OCCN2CCN(C)CC2)ccc(B2OC(C)(C)C(C)(C)O2)c1C. The molecule has 0 aliphatic carbocycles. The highest BCUT2D eigenvalue weighted by atomic mass is 16.7. The molecule has 0 radical (unpaired) electrons. The quantitative estimate of drug-likeness (QED) is 0.739. The van der Waals surface area contributed by atoms with Gasteiger partial charge in [0.1, 0.15) is 12.4 Å². The molecular formula is C21H35BN2O3. The van der Waals surface area contributed by atoms with Crippen LogP contribution in [0.3, 0.4) is 0 Å². The van der Waals surface area contributed by atoms with Crippen LogP contribution >= 0.6 is 0 Å². The van der Waals surface area contributed by atoms with Crippen LogP contribution in [0.15, 0.2) is 12.1 Å². The van der Waals surface area contributed by atoms with Crippen LogP contribution in [0.5, 0.6) is 5.75 Å². The zero-order valence-corrected chi connectivity index (χ0v) is 18.1. The number of piperazine rings is 1. The second-order valence-electron chi connectivity index (χ2n) is 8.98. The van der Waals surface area contributed by atoms with Crippen molar-refractivity contribution >= 4 is 12.6 Å². The zero-order chi connectivity index (χ0) is 19.8. The number of hydrogen-bond acceptors (Lipinski definition) is 5. The number of ether oxygens (including phenoxy) is 1. The third-order valence-electron chi connectivity index (χ3n) is 6.55. The lowest BCUT2D eigenvalue weighted by atomic mass is 9.75. The predicted octanol–water partition coefficient (Wildman–Crippen LogP) is 2.23. The van der Waals surface area contributed by atoms with E-state index in [-0.39, 0.29) is 18.3 Å². The van der Waals surface area contributed by atoms with E-state index in [2.05, 4.69) is 70.5 Å². The van der Waals surface area contributed by atoms with Crippen molar-refractivity contribution in [2.75, 3.05) is 46.4 Å². The summed E-state index contributed by atoms with van der Waals surface area (Å²) >= 11 is 0. The Morgan fingerprint density at radius 1 is 0.963 bits per heavy atom. The molecule has 5 nitrogen and oxygen atoms in total. The van der Waals surface area contributed by atoms with E-state index in [1.165, 1.54) is 11.1 Å². The van der Waals surface area contributed by atoms with Crippen LogP contribution in [0.1, 0.15) is 38.8 Å². The topological polar surface area (TPSA) is 34.2 Å². The molecule has 0 aromatic heterocycles. The molecule has 2 fully saturated rings. The van der Waals surface area contributed by atoms with Gasteiger partial charge in [-0.3, -0.25) is 4.90 Å². The van der Waals surface area contributed by atoms with E-state index in [0.29, 0.717) is 0 Å². The lowest BCUT2D eigenvalue weighted by Gasteiger charge is -2.32. The molecule has 2 heterocycles. The van der Waals surface area contributed by atoms with Crippen molar-refractivity contribution in [1.29, 1.82) is 0 Å². The van der Waals surface area contributed by atoms with Crippen LogP contribution < -0.4 is 10.2 Å². The monoisotopic (exact) mass is 374 g/mol. The predicted molar refractivity (Wildman–Crippen MR) is 111 cm³/mol. The molecule has 3 rings (SSSR count). The lowest BCUT2D eigenvalue weighted by Crippen LogP contribution is -2.45. The van der Waals surface area contributed by atoms with Crippen LogP contribution in [0.2, 0.25) is 0 Å². The highest BCUT2D eigenvalue weighted by Gasteiger charge is 2.52. The fraction of sp³-hybridized carbons (Fsp3) is 0.714. The van der Waals surface area contributed by atoms with Gasteiger partial charge in [-0.25, -0.2) is 0 Å². The third-order valence-corrected chi connectivity index (χ3v) is 6.55. The van der Waals surface area contributed by atoms with Gasteiger partial charge in [-0.05, 0) is 71.2 Å². The average molecular weight is 374 g/mol. The van der Waals surface area contributed by atoms with Crippen molar-refractivity contribution in [3.05, 3.63) is 23.3 Å². The first kappa shape index (κ1) is 20.7. The van der Waals surface area contributed by atoms with Gasteiger partial charge >= 0.3 is 7.12 Å². The van der Waals surface area contributed by atoms with E-state index >= 15 is 0 Å². The molecule has 0 unspecified atom stereocenters. The summed E-state index contributed by atoms with van der Waals surface area (Å²) in [6.45, 7) is 18.8. The normalized spacial score (nSPS) is 23.0. The summed E-state index contributed by atoms with van der Waals surface area (Å²) < 4.78 is 18.6. The summed E-state index contributed by atoms with van der Waals surface area (Å²) in [6, 6.07) is 4.16. The van der Waals surface area contributed by atoms with Crippen molar-refractivity contribution in [3.8, 4) is 5.75 Å². The molecule has 0 spiro atoms. The molecule has 6 heteroatoms. The summed E-state index contributed by atoms with van der Waals surface area (Å²) in [5.41, 5.74) is 2.80. The van der Waals surface area contributed by atoms with E-state index < -0.39 is 0 Å². The van der Waals surface area contributed by atoms with E-state index in [1.807, 2.05) is 0 Å². The Labute approximate surface area is 165 Å². The molecule has 2 aliphatic rings. The molecule has 2 aliphatic heterocycles. The van der Waals surface area contributed by atoms with Crippen LogP contribution in [0.25, 0.3) is 0 Å². The summed E-state index contributed by atoms with van der Waals surface area (Å²) in [5.74, 6) is 0.960. The molecule has 1 aromatic carbocycles. The molecule has 0 atom stereocenters. The summed E-state index contributed by atoms with van der Waals surface area (Å²) in [4.78, 5) is 4.85. The first-order valence-corrected chi connectivity index (χ1v) is 10.1. The van der Waals surface area contributed by atoms with Gasteiger partial charge in [-0.1, -0.05) is 6.07 Å². The van der Waals surface area contributed by atoms with E-state index in [9.17, 15) is 0 Å². The van der Waals surface area contributed by atoms with Gasteiger partial charge in [0.05, 0.1) is 11.2 Å². The molecule has 0 amide bonds. The highest BCUT2D eigenvalue weighted by Crippen LogP contribution is 2.37. The smallest absolute Gasteiger partial charge is 0.492 e. The molecule has 150 valence electrons. The van der Waals surface area contributed by atoms with Crippen molar-refractivity contribution < 1.29 is 14.0 Å². The van der Waals surface area contributed by atoms with Gasteiger partial charge in [0, 0.05) is 32.7 Å². The van der Waals surface area contributed by atoms with Gasteiger partial charge in [0.25, 0.3) is 0 Å². The van der Waals surface area contributed by atoms with E-state index in [1.54, 1.807) is 0 Å². The summed E-state index contributed by atoms with van der Waals surface area (Å²) in [6.07, 6.45) is 0. The summed E-state index contributed by atoms with van der Waals surface area (Å²) in [5, 5.41) is 0. The van der Waals surface area contributed by atoms with Gasteiger partial charge in [-0.15, -0.1) is 0 Å². The van der Waals surface area contributed by atoms with Crippen molar-refractivity contribution in [3.63, 3.8) is 0 Å². The maximum absolute atomic E-state index is 6.22. The Hall–Kier alpha value is -1.08. The number of hydrogen-bond donors (Lipinski definition) is 0. The Kier molecular flexibility index (Phi) is 5.92. The fourth-order valence-electron chi connectivity index (χ4n) is 3.55. The van der Waals surface area contributed by atoms with Gasteiger partial charge in [0.2, 0.25) is 0 Å². The Balaban J connectivity index is 1.62. The maximum atomic E-state index is 6.22. The molecular weight excluding hydrogens is 339 g/mol. The van der Waals surface area contributed by atoms with E-state index in [4.69, 9.17) is 14.0 Å². The standard InChI is InChI=1S/C21H35BN2O3/c1-16-17(2)19(25-15-14-24-12-10-23(7)11-13-24)9-8-18(16)22-26-20(3,4)21(5,6)27-22/h8-9H,10-15H2,1-7H3. The van der Waals surface area contributed by atoms with Crippen LogP contribution in [-0.2, 0) is 9.31 Å². The number of likely N-dealkylation sites (N-methyl/N-ethyl adjacent to an activating group) is 1. The van der Waals surface area contributed by atoms with Crippen LogP contribution in [-0.4, -0.2) is 74.5 Å². The van der Waals surface area contributed by atoms with Crippen LogP contribution in [0.4, 0.5) is 0 Å². The van der Waals surface area contributed by atoms with Crippen molar-refractivity contribution in [1.82, 2.24) is 9.80 Å². The largest absolute Gasteiger partial charge is 0.495 e. The molecule has 27 heavy (non-hydrogen) atoms. The molecule has 1 aromatic rings. The van der Waals surface area contributed by atoms with Crippen LogP contribution in [0, 0.1) is 13.8 Å². The minimum Gasteiger partial charge on any atom is -0.492 e. The van der Waals surface area contributed by atoms with Crippen molar-refractivity contribution in [2.45, 2.75) is 52.7 Å².